The molecule has 0 spiro atoms. The number of nitrogens with one attached hydrogen (secondary N) is 1. The second kappa shape index (κ2) is 10.5. The fourth-order valence-electron chi connectivity index (χ4n) is 3.76. The van der Waals surface area contributed by atoms with Crippen molar-refractivity contribution in [1.29, 1.82) is 0 Å². The number of esters is 1. The van der Waals surface area contributed by atoms with Gasteiger partial charge in [-0.05, 0) is 50.3 Å². The zero-order valence-corrected chi connectivity index (χ0v) is 19.9. The van der Waals surface area contributed by atoms with E-state index < -0.39 is 6.04 Å². The summed E-state index contributed by atoms with van der Waals surface area (Å²) in [7, 11) is 1.62. The van der Waals surface area contributed by atoms with Gasteiger partial charge in [-0.2, -0.15) is 10.1 Å². The van der Waals surface area contributed by atoms with E-state index in [0.29, 0.717) is 54.4 Å². The molecule has 3 rings (SSSR count). The lowest BCUT2D eigenvalue weighted by Crippen LogP contribution is -2.30. The maximum atomic E-state index is 13.1. The van der Waals surface area contributed by atoms with Crippen molar-refractivity contribution in [1.82, 2.24) is 14.8 Å². The Morgan fingerprint density at radius 2 is 2.03 bits per heavy atom. The number of aromatic nitrogens is 3. The number of allylic oxidation sites excluding steroid dienone is 1. The van der Waals surface area contributed by atoms with Crippen LogP contribution >= 0.6 is 0 Å². The molecule has 0 bridgehead atoms. The molecular formula is C24H34N4O4. The van der Waals surface area contributed by atoms with E-state index >= 15 is 0 Å². The molecule has 32 heavy (non-hydrogen) atoms. The summed E-state index contributed by atoms with van der Waals surface area (Å²) in [6.45, 7) is 10.9. The molecule has 8 nitrogen and oxygen atoms in total. The molecule has 1 aromatic carbocycles. The zero-order chi connectivity index (χ0) is 23.3. The molecule has 1 aromatic heterocycles. The summed E-state index contributed by atoms with van der Waals surface area (Å²) in [6.07, 6.45) is 2.53. The largest absolute Gasteiger partial charge is 0.493 e. The predicted octanol–water partition coefficient (Wildman–Crippen LogP) is 4.65. The van der Waals surface area contributed by atoms with E-state index in [0.717, 1.165) is 24.1 Å². The standard InChI is InChI=1S/C24H34N4O4/c1-7-9-18-21(23(29)31-8-2)22(28-24(26-18)25-16(5)27-28)17-10-11-19(20(14-17)30-6)32-13-12-15(3)4/h10-11,14-15,22H,7-9,12-13H2,1-6H3,(H,25,26,27). The van der Waals surface area contributed by atoms with E-state index in [4.69, 9.17) is 14.2 Å². The number of anilines is 1. The summed E-state index contributed by atoms with van der Waals surface area (Å²) < 4.78 is 18.8. The Balaban J connectivity index is 2.07. The Morgan fingerprint density at radius 3 is 2.69 bits per heavy atom. The Bertz CT molecular complexity index is 980. The molecule has 1 aliphatic rings. The molecule has 2 heterocycles. The molecule has 0 amide bonds. The molecule has 1 atom stereocenters. The van der Waals surface area contributed by atoms with Crippen molar-refractivity contribution >= 4 is 11.9 Å². The van der Waals surface area contributed by atoms with Crippen molar-refractivity contribution in [2.45, 2.75) is 59.9 Å². The van der Waals surface area contributed by atoms with Crippen molar-refractivity contribution in [2.24, 2.45) is 5.92 Å². The number of benzene rings is 1. The Kier molecular flexibility index (Phi) is 7.77. The van der Waals surface area contributed by atoms with E-state index in [1.54, 1.807) is 18.7 Å². The van der Waals surface area contributed by atoms with Gasteiger partial charge in [0.15, 0.2) is 11.5 Å². The number of ether oxygens (including phenoxy) is 3. The minimum absolute atomic E-state index is 0.295. The van der Waals surface area contributed by atoms with E-state index in [2.05, 4.69) is 36.2 Å². The maximum absolute atomic E-state index is 13.1. The van der Waals surface area contributed by atoms with Gasteiger partial charge in [0.1, 0.15) is 11.9 Å². The van der Waals surface area contributed by atoms with E-state index in [-0.39, 0.29) is 5.97 Å². The van der Waals surface area contributed by atoms with Crippen LogP contribution in [0.15, 0.2) is 29.5 Å². The lowest BCUT2D eigenvalue weighted by molar-refractivity contribution is -0.139. The van der Waals surface area contributed by atoms with Gasteiger partial charge >= 0.3 is 5.97 Å². The fraction of sp³-hybridized carbons (Fsp3) is 0.542. The summed E-state index contributed by atoms with van der Waals surface area (Å²) >= 11 is 0. The van der Waals surface area contributed by atoms with Crippen molar-refractivity contribution in [2.75, 3.05) is 25.6 Å². The van der Waals surface area contributed by atoms with Crippen molar-refractivity contribution in [3.8, 4) is 11.5 Å². The minimum atomic E-state index is -0.480. The molecule has 0 saturated heterocycles. The van der Waals surface area contributed by atoms with Gasteiger partial charge in [-0.15, -0.1) is 0 Å². The lowest BCUT2D eigenvalue weighted by Gasteiger charge is -2.29. The molecule has 0 saturated carbocycles. The van der Waals surface area contributed by atoms with Crippen molar-refractivity contribution < 1.29 is 19.0 Å². The molecule has 2 aromatic rings. The summed E-state index contributed by atoms with van der Waals surface area (Å²) in [4.78, 5) is 17.6. The van der Waals surface area contributed by atoms with Gasteiger partial charge in [-0.3, -0.25) is 0 Å². The number of aryl methyl sites for hydroxylation is 1. The normalized spacial score (nSPS) is 15.4. The van der Waals surface area contributed by atoms with E-state index in [9.17, 15) is 4.79 Å². The average molecular weight is 443 g/mol. The molecule has 8 heteroatoms. The second-order valence-electron chi connectivity index (χ2n) is 8.26. The number of rotatable bonds is 10. The number of hydrogen-bond acceptors (Lipinski definition) is 7. The highest BCUT2D eigenvalue weighted by Gasteiger charge is 2.36. The number of fused-ring (bicyclic) bond motifs is 1. The highest BCUT2D eigenvalue weighted by Crippen LogP contribution is 2.40. The summed E-state index contributed by atoms with van der Waals surface area (Å²) in [6, 6.07) is 5.27. The third-order valence-corrected chi connectivity index (χ3v) is 5.29. The molecule has 1 N–H and O–H groups in total. The topological polar surface area (TPSA) is 87.5 Å². The van der Waals surface area contributed by atoms with Crippen LogP contribution in [0.25, 0.3) is 0 Å². The van der Waals surface area contributed by atoms with Gasteiger partial charge in [-0.25, -0.2) is 9.48 Å². The van der Waals surface area contributed by atoms with Crippen LogP contribution in [0.1, 0.15) is 64.4 Å². The second-order valence-corrected chi connectivity index (χ2v) is 8.26. The third kappa shape index (κ3) is 5.06. The van der Waals surface area contributed by atoms with Gasteiger partial charge in [0.2, 0.25) is 5.95 Å². The van der Waals surface area contributed by atoms with Gasteiger partial charge in [0, 0.05) is 5.70 Å². The summed E-state index contributed by atoms with van der Waals surface area (Å²) in [5, 5.41) is 7.87. The third-order valence-electron chi connectivity index (χ3n) is 5.29. The van der Waals surface area contributed by atoms with Crippen LogP contribution < -0.4 is 14.8 Å². The summed E-state index contributed by atoms with van der Waals surface area (Å²) in [5.74, 6) is 2.72. The van der Waals surface area contributed by atoms with Gasteiger partial charge in [0.25, 0.3) is 0 Å². The maximum Gasteiger partial charge on any atom is 0.338 e. The van der Waals surface area contributed by atoms with Crippen LogP contribution in [0.2, 0.25) is 0 Å². The van der Waals surface area contributed by atoms with E-state index in [1.165, 1.54) is 0 Å². The molecule has 0 radical (unpaired) electrons. The monoisotopic (exact) mass is 442 g/mol. The van der Waals surface area contributed by atoms with Gasteiger partial charge < -0.3 is 19.5 Å². The predicted molar refractivity (Wildman–Crippen MR) is 123 cm³/mol. The summed E-state index contributed by atoms with van der Waals surface area (Å²) in [5.41, 5.74) is 2.20. The lowest BCUT2D eigenvalue weighted by atomic mass is 9.93. The number of nitrogens with zero attached hydrogens (tertiary/aromatic N) is 3. The first-order valence-corrected chi connectivity index (χ1v) is 11.3. The molecule has 1 unspecified atom stereocenters. The first-order chi connectivity index (χ1) is 15.4. The number of carbonyl (C=O) groups is 1. The Labute approximate surface area is 190 Å². The van der Waals surface area contributed by atoms with Crippen molar-refractivity contribution in [3.63, 3.8) is 0 Å². The fourth-order valence-corrected chi connectivity index (χ4v) is 3.76. The minimum Gasteiger partial charge on any atom is -0.493 e. The van der Waals surface area contributed by atoms with Crippen molar-refractivity contribution in [3.05, 3.63) is 40.9 Å². The average Bonchev–Trinajstić information content (AvgIpc) is 3.12. The first kappa shape index (κ1) is 23.6. The van der Waals surface area contributed by atoms with Crippen LogP contribution in [0.5, 0.6) is 11.5 Å². The van der Waals surface area contributed by atoms with Crippen LogP contribution in [-0.2, 0) is 9.53 Å². The van der Waals surface area contributed by atoms with Crippen LogP contribution in [0, 0.1) is 12.8 Å². The molecular weight excluding hydrogens is 408 g/mol. The first-order valence-electron chi connectivity index (χ1n) is 11.3. The van der Waals surface area contributed by atoms with Crippen LogP contribution in [-0.4, -0.2) is 41.1 Å². The van der Waals surface area contributed by atoms with E-state index in [1.807, 2.05) is 25.1 Å². The highest BCUT2D eigenvalue weighted by molar-refractivity contribution is 5.92. The highest BCUT2D eigenvalue weighted by atomic mass is 16.5. The number of hydrogen-bond donors (Lipinski definition) is 1. The molecule has 174 valence electrons. The van der Waals surface area contributed by atoms with Gasteiger partial charge in [-0.1, -0.05) is 33.3 Å². The Hall–Kier alpha value is -3.03. The quantitative estimate of drug-likeness (QED) is 0.536. The zero-order valence-electron chi connectivity index (χ0n) is 19.9. The molecule has 1 aliphatic heterocycles. The number of methoxy groups -OCH3 is 1. The molecule has 0 aliphatic carbocycles. The smallest absolute Gasteiger partial charge is 0.338 e. The van der Waals surface area contributed by atoms with Gasteiger partial charge in [0.05, 0.1) is 25.9 Å². The van der Waals surface area contributed by atoms with Crippen LogP contribution in [0.3, 0.4) is 0 Å². The Morgan fingerprint density at radius 1 is 1.25 bits per heavy atom. The van der Waals surface area contributed by atoms with Crippen LogP contribution in [0.4, 0.5) is 5.95 Å². The molecule has 0 fully saturated rings. The SMILES string of the molecule is CCCC1=C(C(=O)OCC)C(c2ccc(OCCC(C)C)c(OC)c2)n2nc(C)nc2N1. The number of carbonyl (C=O) groups excluding carboxylic acids is 1.